The molecule has 2 aromatic rings. The molecular weight excluding hydrogens is 246 g/mol. The summed E-state index contributed by atoms with van der Waals surface area (Å²) in [5.41, 5.74) is 1.87. The monoisotopic (exact) mass is 263 g/mol. The van der Waals surface area contributed by atoms with Crippen molar-refractivity contribution in [1.82, 2.24) is 4.98 Å². The second-order valence-electron chi connectivity index (χ2n) is 4.18. The molecule has 0 aliphatic carbocycles. The van der Waals surface area contributed by atoms with Crippen LogP contribution in [-0.2, 0) is 11.3 Å². The molecule has 1 aromatic carbocycles. The van der Waals surface area contributed by atoms with Crippen LogP contribution in [0.3, 0.4) is 0 Å². The minimum absolute atomic E-state index is 0.423. The van der Waals surface area contributed by atoms with Gasteiger partial charge in [0.1, 0.15) is 12.4 Å². The number of ether oxygens (including phenoxy) is 1. The van der Waals surface area contributed by atoms with Gasteiger partial charge in [0, 0.05) is 5.39 Å². The molecule has 0 aliphatic heterocycles. The van der Waals surface area contributed by atoms with Gasteiger partial charge in [-0.05, 0) is 24.3 Å². The summed E-state index contributed by atoms with van der Waals surface area (Å²) < 4.78 is 5.71. The number of pyridine rings is 1. The zero-order valence-electron chi connectivity index (χ0n) is 11.3. The van der Waals surface area contributed by atoms with Crippen molar-refractivity contribution < 1.29 is 4.74 Å². The molecule has 0 unspecified atom stereocenters. The van der Waals surface area contributed by atoms with Crippen LogP contribution in [0.5, 0.6) is 0 Å². The van der Waals surface area contributed by atoms with Crippen molar-refractivity contribution in [1.29, 1.82) is 0 Å². The van der Waals surface area contributed by atoms with Gasteiger partial charge in [-0.1, -0.05) is 55.7 Å². The molecule has 0 fully saturated rings. The standard InChI is InChI=1S/C18H17NO/c1-3-5-10-17(8-4-2)20-14-16-13-12-15-9-6-7-11-18(15)19-16/h3-13H,1-2,14H2/b10-5-,17-8+. The molecule has 2 rings (SSSR count). The molecule has 0 bridgehead atoms. The molecule has 100 valence electrons. The minimum atomic E-state index is 0.423. The maximum Gasteiger partial charge on any atom is 0.130 e. The third-order valence-corrected chi connectivity index (χ3v) is 2.72. The molecule has 20 heavy (non-hydrogen) atoms. The Morgan fingerprint density at radius 3 is 2.75 bits per heavy atom. The second kappa shape index (κ2) is 7.10. The molecule has 0 spiro atoms. The van der Waals surface area contributed by atoms with Crippen molar-refractivity contribution in [2.45, 2.75) is 6.61 Å². The first kappa shape index (κ1) is 13.8. The summed E-state index contributed by atoms with van der Waals surface area (Å²) in [6.07, 6.45) is 8.87. The van der Waals surface area contributed by atoms with E-state index < -0.39 is 0 Å². The Hall–Kier alpha value is -2.61. The largest absolute Gasteiger partial charge is 0.487 e. The third-order valence-electron chi connectivity index (χ3n) is 2.72. The average molecular weight is 263 g/mol. The number of allylic oxidation sites excluding steroid dienone is 5. The van der Waals surface area contributed by atoms with E-state index >= 15 is 0 Å². The Balaban J connectivity index is 2.11. The summed E-state index contributed by atoms with van der Waals surface area (Å²) in [6, 6.07) is 12.1. The predicted octanol–water partition coefficient (Wildman–Crippen LogP) is 4.56. The van der Waals surface area contributed by atoms with E-state index in [2.05, 4.69) is 24.2 Å². The fourth-order valence-corrected chi connectivity index (χ4v) is 1.78. The zero-order valence-corrected chi connectivity index (χ0v) is 11.3. The van der Waals surface area contributed by atoms with Gasteiger partial charge >= 0.3 is 0 Å². The van der Waals surface area contributed by atoms with E-state index in [1.807, 2.05) is 42.5 Å². The topological polar surface area (TPSA) is 22.1 Å². The van der Waals surface area contributed by atoms with E-state index in [1.165, 1.54) is 0 Å². The van der Waals surface area contributed by atoms with Gasteiger partial charge in [-0.25, -0.2) is 4.98 Å². The Kier molecular flexibility index (Phi) is 4.90. The van der Waals surface area contributed by atoms with Gasteiger partial charge in [-0.15, -0.1) is 0 Å². The molecule has 2 heteroatoms. The van der Waals surface area contributed by atoms with Crippen LogP contribution in [0, 0.1) is 0 Å². The number of aromatic nitrogens is 1. The summed E-state index contributed by atoms with van der Waals surface area (Å²) in [5.74, 6) is 0.731. The lowest BCUT2D eigenvalue weighted by atomic mass is 10.2. The van der Waals surface area contributed by atoms with Gasteiger partial charge in [0.2, 0.25) is 0 Å². The van der Waals surface area contributed by atoms with Crippen LogP contribution in [0.25, 0.3) is 10.9 Å². The van der Waals surface area contributed by atoms with Gasteiger partial charge in [-0.3, -0.25) is 0 Å². The summed E-state index contributed by atoms with van der Waals surface area (Å²) in [4.78, 5) is 4.57. The maximum atomic E-state index is 5.71. The Bertz CT molecular complexity index is 668. The van der Waals surface area contributed by atoms with Crippen LogP contribution in [0.15, 0.2) is 85.7 Å². The van der Waals surface area contributed by atoms with E-state index in [0.29, 0.717) is 6.61 Å². The Morgan fingerprint density at radius 1 is 1.10 bits per heavy atom. The fraction of sp³-hybridized carbons (Fsp3) is 0.0556. The molecule has 2 nitrogen and oxygen atoms in total. The lowest BCUT2D eigenvalue weighted by molar-refractivity contribution is 0.208. The van der Waals surface area contributed by atoms with Gasteiger partial charge in [-0.2, -0.15) is 0 Å². The smallest absolute Gasteiger partial charge is 0.130 e. The van der Waals surface area contributed by atoms with Crippen molar-refractivity contribution in [3.8, 4) is 0 Å². The van der Waals surface area contributed by atoms with E-state index in [0.717, 1.165) is 22.4 Å². The normalized spacial score (nSPS) is 11.7. The first-order chi connectivity index (χ1) is 9.83. The highest BCUT2D eigenvalue weighted by molar-refractivity contribution is 5.78. The number of hydrogen-bond acceptors (Lipinski definition) is 2. The number of para-hydroxylation sites is 1. The quantitative estimate of drug-likeness (QED) is 0.563. The first-order valence-corrected chi connectivity index (χ1v) is 6.43. The van der Waals surface area contributed by atoms with Crippen molar-refractivity contribution in [3.63, 3.8) is 0 Å². The van der Waals surface area contributed by atoms with Crippen LogP contribution < -0.4 is 0 Å². The molecular formula is C18H17NO. The lowest BCUT2D eigenvalue weighted by Gasteiger charge is -2.07. The average Bonchev–Trinajstić information content (AvgIpc) is 2.50. The number of benzene rings is 1. The number of nitrogens with zero attached hydrogens (tertiary/aromatic N) is 1. The van der Waals surface area contributed by atoms with Gasteiger partial charge in [0.05, 0.1) is 11.2 Å². The molecule has 0 N–H and O–H groups in total. The Morgan fingerprint density at radius 2 is 1.95 bits per heavy atom. The lowest BCUT2D eigenvalue weighted by Crippen LogP contribution is -1.95. The molecule has 0 aliphatic rings. The van der Waals surface area contributed by atoms with Gasteiger partial charge in [0.15, 0.2) is 0 Å². The highest BCUT2D eigenvalue weighted by Crippen LogP contribution is 2.13. The van der Waals surface area contributed by atoms with Crippen molar-refractivity contribution in [2.24, 2.45) is 0 Å². The number of fused-ring (bicyclic) bond motifs is 1. The second-order valence-corrected chi connectivity index (χ2v) is 4.18. The van der Waals surface area contributed by atoms with Gasteiger partial charge < -0.3 is 4.74 Å². The minimum Gasteiger partial charge on any atom is -0.487 e. The Labute approximate surface area is 119 Å². The summed E-state index contributed by atoms with van der Waals surface area (Å²) in [6.45, 7) is 7.73. The highest BCUT2D eigenvalue weighted by atomic mass is 16.5. The maximum absolute atomic E-state index is 5.71. The summed E-state index contributed by atoms with van der Waals surface area (Å²) in [7, 11) is 0. The van der Waals surface area contributed by atoms with Gasteiger partial charge in [0.25, 0.3) is 0 Å². The summed E-state index contributed by atoms with van der Waals surface area (Å²) in [5, 5.41) is 1.13. The molecule has 0 saturated carbocycles. The van der Waals surface area contributed by atoms with Crippen LogP contribution in [0.2, 0.25) is 0 Å². The first-order valence-electron chi connectivity index (χ1n) is 6.43. The molecule has 0 amide bonds. The molecule has 1 aromatic heterocycles. The van der Waals surface area contributed by atoms with Crippen LogP contribution in [0.1, 0.15) is 5.69 Å². The van der Waals surface area contributed by atoms with Crippen molar-refractivity contribution >= 4 is 10.9 Å². The molecule has 0 atom stereocenters. The van der Waals surface area contributed by atoms with Crippen molar-refractivity contribution in [2.75, 3.05) is 0 Å². The van der Waals surface area contributed by atoms with Crippen LogP contribution in [0.4, 0.5) is 0 Å². The highest BCUT2D eigenvalue weighted by Gasteiger charge is 1.99. The number of rotatable bonds is 6. The molecule has 0 radical (unpaired) electrons. The molecule has 1 heterocycles. The van der Waals surface area contributed by atoms with Crippen LogP contribution in [-0.4, -0.2) is 4.98 Å². The van der Waals surface area contributed by atoms with Crippen LogP contribution >= 0.6 is 0 Å². The van der Waals surface area contributed by atoms with E-state index in [4.69, 9.17) is 4.74 Å². The molecule has 0 saturated heterocycles. The van der Waals surface area contributed by atoms with E-state index in [1.54, 1.807) is 18.2 Å². The predicted molar refractivity (Wildman–Crippen MR) is 84.1 cm³/mol. The zero-order chi connectivity index (χ0) is 14.2. The van der Waals surface area contributed by atoms with E-state index in [9.17, 15) is 0 Å². The third kappa shape index (κ3) is 3.69. The van der Waals surface area contributed by atoms with Crippen molar-refractivity contribution in [3.05, 3.63) is 91.4 Å². The van der Waals surface area contributed by atoms with E-state index in [-0.39, 0.29) is 0 Å². The number of hydrogen-bond donors (Lipinski definition) is 0. The fourth-order valence-electron chi connectivity index (χ4n) is 1.78. The summed E-state index contributed by atoms with van der Waals surface area (Å²) >= 11 is 0. The SMILES string of the molecule is C=C/C=C\C(=C/C=C)OCc1ccc2ccccc2n1.